The third-order valence-corrected chi connectivity index (χ3v) is 2.21. The third-order valence-electron chi connectivity index (χ3n) is 2.21. The van der Waals surface area contributed by atoms with Crippen LogP contribution in [-0.2, 0) is 16.1 Å². The first-order valence-corrected chi connectivity index (χ1v) is 5.89. The van der Waals surface area contributed by atoms with E-state index in [9.17, 15) is 9.59 Å². The lowest BCUT2D eigenvalue weighted by molar-refractivity contribution is -0.121. The zero-order chi connectivity index (χ0) is 13.4. The number of hydrogen-bond donors (Lipinski definition) is 3. The molecule has 1 rings (SSSR count). The van der Waals surface area contributed by atoms with Crippen molar-refractivity contribution in [3.8, 4) is 0 Å². The van der Waals surface area contributed by atoms with Gasteiger partial charge >= 0.3 is 0 Å². The lowest BCUT2D eigenvalue weighted by Crippen LogP contribution is -2.28. The van der Waals surface area contributed by atoms with Crippen LogP contribution in [0.5, 0.6) is 0 Å². The maximum atomic E-state index is 11.5. The van der Waals surface area contributed by atoms with E-state index < -0.39 is 0 Å². The lowest BCUT2D eigenvalue weighted by Gasteiger charge is -2.03. The van der Waals surface area contributed by atoms with Crippen LogP contribution in [0.2, 0.25) is 0 Å². The Morgan fingerprint density at radius 2 is 2.17 bits per heavy atom. The van der Waals surface area contributed by atoms with Crippen molar-refractivity contribution in [1.29, 1.82) is 0 Å². The van der Waals surface area contributed by atoms with Crippen LogP contribution in [0.4, 0.5) is 5.69 Å². The molecule has 0 spiro atoms. The van der Waals surface area contributed by atoms with E-state index in [-0.39, 0.29) is 24.9 Å². The molecule has 0 atom stereocenters. The summed E-state index contributed by atoms with van der Waals surface area (Å²) in [6.45, 7) is 3.26. The van der Waals surface area contributed by atoms with E-state index in [2.05, 4.69) is 21.0 Å². The SMILES string of the molecule is CCCNCC(=O)Nc1cnn(CC(=O)NC)c1. The standard InChI is InChI=1S/C11H19N5O2/c1-3-4-13-6-10(17)15-9-5-14-16(7-9)8-11(18)12-2/h5,7,13H,3-4,6,8H2,1-2H3,(H,12,18)(H,15,17). The Labute approximate surface area is 106 Å². The van der Waals surface area contributed by atoms with E-state index in [1.54, 1.807) is 13.2 Å². The van der Waals surface area contributed by atoms with Crippen molar-refractivity contribution >= 4 is 17.5 Å². The fourth-order valence-corrected chi connectivity index (χ4v) is 1.32. The largest absolute Gasteiger partial charge is 0.358 e. The first-order chi connectivity index (χ1) is 8.65. The molecule has 100 valence electrons. The molecule has 18 heavy (non-hydrogen) atoms. The third kappa shape index (κ3) is 4.96. The highest BCUT2D eigenvalue weighted by Gasteiger charge is 2.05. The average Bonchev–Trinajstić information content (AvgIpc) is 2.76. The molecule has 0 fully saturated rings. The molecule has 1 aromatic heterocycles. The molecule has 7 heteroatoms. The lowest BCUT2D eigenvalue weighted by atomic mass is 10.4. The second kappa shape index (κ2) is 7.44. The summed E-state index contributed by atoms with van der Waals surface area (Å²) in [5.74, 6) is -0.261. The molecule has 3 N–H and O–H groups in total. The minimum absolute atomic E-state index is 0.122. The highest BCUT2D eigenvalue weighted by molar-refractivity contribution is 5.92. The second-order valence-corrected chi connectivity index (χ2v) is 3.82. The highest BCUT2D eigenvalue weighted by atomic mass is 16.2. The van der Waals surface area contributed by atoms with Crippen LogP contribution in [0, 0.1) is 0 Å². The van der Waals surface area contributed by atoms with Crippen molar-refractivity contribution in [1.82, 2.24) is 20.4 Å². The Morgan fingerprint density at radius 3 is 2.83 bits per heavy atom. The smallest absolute Gasteiger partial charge is 0.241 e. The van der Waals surface area contributed by atoms with Gasteiger partial charge in [-0.3, -0.25) is 14.3 Å². The van der Waals surface area contributed by atoms with Crippen LogP contribution in [0.3, 0.4) is 0 Å². The van der Waals surface area contributed by atoms with Crippen LogP contribution < -0.4 is 16.0 Å². The van der Waals surface area contributed by atoms with Gasteiger partial charge in [0.2, 0.25) is 11.8 Å². The van der Waals surface area contributed by atoms with Gasteiger partial charge in [-0.1, -0.05) is 6.92 Å². The molecule has 0 aromatic carbocycles. The van der Waals surface area contributed by atoms with Crippen LogP contribution in [0.15, 0.2) is 12.4 Å². The van der Waals surface area contributed by atoms with Gasteiger partial charge in [-0.2, -0.15) is 5.10 Å². The van der Waals surface area contributed by atoms with E-state index in [4.69, 9.17) is 0 Å². The number of carbonyl (C=O) groups excluding carboxylic acids is 2. The number of carbonyl (C=O) groups is 2. The normalized spacial score (nSPS) is 10.1. The first-order valence-electron chi connectivity index (χ1n) is 5.89. The Morgan fingerprint density at radius 1 is 1.39 bits per heavy atom. The Kier molecular flexibility index (Phi) is 5.86. The number of hydrogen-bond acceptors (Lipinski definition) is 4. The molecule has 0 aliphatic carbocycles. The Bertz CT molecular complexity index is 402. The predicted molar refractivity (Wildman–Crippen MR) is 68.1 cm³/mol. The van der Waals surface area contributed by atoms with Gasteiger partial charge in [-0.25, -0.2) is 0 Å². The molecule has 0 unspecified atom stereocenters. The molecule has 1 aromatic rings. The van der Waals surface area contributed by atoms with Gasteiger partial charge in [0.1, 0.15) is 6.54 Å². The number of anilines is 1. The molecule has 0 aliphatic rings. The van der Waals surface area contributed by atoms with Gasteiger partial charge < -0.3 is 16.0 Å². The zero-order valence-electron chi connectivity index (χ0n) is 10.7. The highest BCUT2D eigenvalue weighted by Crippen LogP contribution is 2.03. The maximum Gasteiger partial charge on any atom is 0.241 e. The summed E-state index contributed by atoms with van der Waals surface area (Å²) >= 11 is 0. The molecule has 2 amide bonds. The van der Waals surface area contributed by atoms with E-state index in [0.29, 0.717) is 5.69 Å². The first kappa shape index (κ1) is 14.2. The summed E-state index contributed by atoms with van der Waals surface area (Å²) in [6, 6.07) is 0. The second-order valence-electron chi connectivity index (χ2n) is 3.82. The van der Waals surface area contributed by atoms with E-state index >= 15 is 0 Å². The number of rotatable bonds is 7. The fraction of sp³-hybridized carbons (Fsp3) is 0.545. The summed E-state index contributed by atoms with van der Waals surface area (Å²) in [7, 11) is 1.56. The van der Waals surface area contributed by atoms with Gasteiger partial charge in [0, 0.05) is 13.2 Å². The van der Waals surface area contributed by atoms with Gasteiger partial charge in [0.15, 0.2) is 0 Å². The van der Waals surface area contributed by atoms with Crippen molar-refractivity contribution in [3.05, 3.63) is 12.4 Å². The predicted octanol–water partition coefficient (Wildman–Crippen LogP) is -0.433. The molecule has 1 heterocycles. The van der Waals surface area contributed by atoms with Crippen molar-refractivity contribution in [2.75, 3.05) is 25.5 Å². The van der Waals surface area contributed by atoms with Crippen molar-refractivity contribution < 1.29 is 9.59 Å². The topological polar surface area (TPSA) is 88.1 Å². The molecule has 7 nitrogen and oxygen atoms in total. The van der Waals surface area contributed by atoms with Crippen molar-refractivity contribution in [2.45, 2.75) is 19.9 Å². The average molecular weight is 253 g/mol. The van der Waals surface area contributed by atoms with E-state index in [1.165, 1.54) is 10.9 Å². The number of aromatic nitrogens is 2. The Balaban J connectivity index is 2.38. The van der Waals surface area contributed by atoms with E-state index in [0.717, 1.165) is 13.0 Å². The monoisotopic (exact) mass is 253 g/mol. The van der Waals surface area contributed by atoms with Crippen LogP contribution >= 0.6 is 0 Å². The number of likely N-dealkylation sites (N-methyl/N-ethyl adjacent to an activating group) is 1. The number of amides is 2. The maximum absolute atomic E-state index is 11.5. The molecule has 0 aliphatic heterocycles. The Hall–Kier alpha value is -1.89. The van der Waals surface area contributed by atoms with Gasteiger partial charge in [-0.05, 0) is 13.0 Å². The molecule has 0 radical (unpaired) electrons. The summed E-state index contributed by atoms with van der Waals surface area (Å²) in [5.41, 5.74) is 0.585. The molecule has 0 bridgehead atoms. The summed E-state index contributed by atoms with van der Waals surface area (Å²) in [6.07, 6.45) is 4.12. The molecule has 0 saturated carbocycles. The van der Waals surface area contributed by atoms with Crippen molar-refractivity contribution in [3.63, 3.8) is 0 Å². The van der Waals surface area contributed by atoms with Crippen LogP contribution in [-0.4, -0.2) is 41.7 Å². The number of nitrogens with one attached hydrogen (secondary N) is 3. The quantitative estimate of drug-likeness (QED) is 0.575. The van der Waals surface area contributed by atoms with Crippen molar-refractivity contribution in [2.24, 2.45) is 0 Å². The molecular weight excluding hydrogens is 234 g/mol. The minimum Gasteiger partial charge on any atom is -0.358 e. The molecular formula is C11H19N5O2. The van der Waals surface area contributed by atoms with Crippen LogP contribution in [0.1, 0.15) is 13.3 Å². The fourth-order valence-electron chi connectivity index (χ4n) is 1.32. The van der Waals surface area contributed by atoms with Crippen LogP contribution in [0.25, 0.3) is 0 Å². The summed E-state index contributed by atoms with van der Waals surface area (Å²) < 4.78 is 1.47. The zero-order valence-corrected chi connectivity index (χ0v) is 10.7. The van der Waals surface area contributed by atoms with E-state index in [1.807, 2.05) is 6.92 Å². The summed E-state index contributed by atoms with van der Waals surface area (Å²) in [4.78, 5) is 22.6. The van der Waals surface area contributed by atoms with Gasteiger partial charge in [0.05, 0.1) is 18.4 Å². The number of nitrogens with zero attached hydrogens (tertiary/aromatic N) is 2. The minimum atomic E-state index is -0.138. The van der Waals surface area contributed by atoms with Gasteiger partial charge in [0.25, 0.3) is 0 Å². The molecule has 0 saturated heterocycles. The summed E-state index contributed by atoms with van der Waals surface area (Å²) in [5, 5.41) is 12.2. The van der Waals surface area contributed by atoms with Gasteiger partial charge in [-0.15, -0.1) is 0 Å².